The van der Waals surface area contributed by atoms with E-state index < -0.39 is 0 Å². The first-order valence-electron chi connectivity index (χ1n) is 8.17. The topological polar surface area (TPSA) is 37.4 Å². The molecule has 2 aliphatic rings. The van der Waals surface area contributed by atoms with Gasteiger partial charge < -0.3 is 4.90 Å². The number of fused-ring (bicyclic) bond motifs is 1. The van der Waals surface area contributed by atoms with Crippen molar-refractivity contribution < 1.29 is 9.59 Å². The van der Waals surface area contributed by atoms with E-state index in [9.17, 15) is 9.59 Å². The fourth-order valence-corrected chi connectivity index (χ4v) is 3.39. The van der Waals surface area contributed by atoms with Gasteiger partial charge in [0.05, 0.1) is 6.54 Å². The van der Waals surface area contributed by atoms with Crippen molar-refractivity contribution in [2.75, 3.05) is 13.1 Å². The summed E-state index contributed by atoms with van der Waals surface area (Å²) >= 11 is 0. The number of hydrogen-bond acceptors (Lipinski definition) is 2. The number of nitrogens with zero attached hydrogens (tertiary/aromatic N) is 1. The average molecular weight is 285 g/mol. The van der Waals surface area contributed by atoms with Crippen molar-refractivity contribution in [1.82, 2.24) is 4.90 Å². The van der Waals surface area contributed by atoms with Gasteiger partial charge in [0.15, 0.2) is 5.78 Å². The van der Waals surface area contributed by atoms with E-state index in [2.05, 4.69) is 6.07 Å². The molecule has 1 fully saturated rings. The van der Waals surface area contributed by atoms with Crippen molar-refractivity contribution in [3.05, 3.63) is 34.9 Å². The maximum absolute atomic E-state index is 12.5. The van der Waals surface area contributed by atoms with Gasteiger partial charge in [-0.05, 0) is 49.3 Å². The van der Waals surface area contributed by atoms with Crippen LogP contribution in [-0.4, -0.2) is 29.7 Å². The monoisotopic (exact) mass is 285 g/mol. The second kappa shape index (κ2) is 6.42. The molecule has 1 heterocycles. The molecule has 0 N–H and O–H groups in total. The summed E-state index contributed by atoms with van der Waals surface area (Å²) in [5, 5.41) is 0. The molecule has 112 valence electrons. The zero-order chi connectivity index (χ0) is 14.7. The predicted molar refractivity (Wildman–Crippen MR) is 82.5 cm³/mol. The molecule has 3 rings (SSSR count). The molecule has 0 aromatic heterocycles. The summed E-state index contributed by atoms with van der Waals surface area (Å²) in [6.07, 6.45) is 8.28. The SMILES string of the molecule is O=C(CN1CCCCCCC1=O)c1ccc2c(c1)CCC2. The van der Waals surface area contributed by atoms with E-state index in [0.29, 0.717) is 6.42 Å². The quantitative estimate of drug-likeness (QED) is 0.800. The molecule has 1 amide bonds. The van der Waals surface area contributed by atoms with Crippen LogP contribution in [0, 0.1) is 0 Å². The average Bonchev–Trinajstić information content (AvgIpc) is 2.94. The Morgan fingerprint density at radius 1 is 0.952 bits per heavy atom. The van der Waals surface area contributed by atoms with Gasteiger partial charge in [-0.15, -0.1) is 0 Å². The Kier molecular flexibility index (Phi) is 4.37. The molecule has 0 unspecified atom stereocenters. The van der Waals surface area contributed by atoms with Gasteiger partial charge in [-0.3, -0.25) is 9.59 Å². The highest BCUT2D eigenvalue weighted by atomic mass is 16.2. The Balaban J connectivity index is 1.68. The van der Waals surface area contributed by atoms with Crippen molar-refractivity contribution in [2.24, 2.45) is 0 Å². The molecular weight excluding hydrogens is 262 g/mol. The van der Waals surface area contributed by atoms with Gasteiger partial charge >= 0.3 is 0 Å². The van der Waals surface area contributed by atoms with E-state index in [0.717, 1.165) is 50.6 Å². The molecule has 0 radical (unpaired) electrons. The molecule has 0 bridgehead atoms. The molecule has 0 atom stereocenters. The fourth-order valence-electron chi connectivity index (χ4n) is 3.39. The van der Waals surface area contributed by atoms with Crippen LogP contribution in [0.3, 0.4) is 0 Å². The van der Waals surface area contributed by atoms with Crippen LogP contribution in [0.15, 0.2) is 18.2 Å². The minimum absolute atomic E-state index is 0.0821. The summed E-state index contributed by atoms with van der Waals surface area (Å²) in [4.78, 5) is 26.3. The number of carbonyl (C=O) groups is 2. The van der Waals surface area contributed by atoms with Gasteiger partial charge in [0, 0.05) is 18.5 Å². The van der Waals surface area contributed by atoms with Crippen molar-refractivity contribution in [2.45, 2.75) is 51.4 Å². The first-order chi connectivity index (χ1) is 10.2. The molecule has 3 nitrogen and oxygen atoms in total. The smallest absolute Gasteiger partial charge is 0.222 e. The third-order valence-corrected chi connectivity index (χ3v) is 4.68. The minimum atomic E-state index is 0.0821. The van der Waals surface area contributed by atoms with Crippen LogP contribution >= 0.6 is 0 Å². The predicted octanol–water partition coefficient (Wildman–Crippen LogP) is 3.15. The summed E-state index contributed by atoms with van der Waals surface area (Å²) in [7, 11) is 0. The molecule has 1 aromatic carbocycles. The van der Waals surface area contributed by atoms with E-state index in [1.54, 1.807) is 4.90 Å². The number of hydrogen-bond donors (Lipinski definition) is 0. The summed E-state index contributed by atoms with van der Waals surface area (Å²) < 4.78 is 0. The number of benzene rings is 1. The fraction of sp³-hybridized carbons (Fsp3) is 0.556. The highest BCUT2D eigenvalue weighted by Crippen LogP contribution is 2.23. The first-order valence-corrected chi connectivity index (χ1v) is 8.17. The van der Waals surface area contributed by atoms with Crippen LogP contribution < -0.4 is 0 Å². The Bertz CT molecular complexity index is 550. The third-order valence-electron chi connectivity index (χ3n) is 4.68. The molecule has 1 saturated heterocycles. The van der Waals surface area contributed by atoms with Crippen molar-refractivity contribution in [1.29, 1.82) is 0 Å². The Labute approximate surface area is 126 Å². The number of Topliss-reactive ketones (excluding diaryl/α,β-unsaturated/α-hetero) is 1. The number of likely N-dealkylation sites (tertiary alicyclic amines) is 1. The Morgan fingerprint density at radius 3 is 2.67 bits per heavy atom. The van der Waals surface area contributed by atoms with E-state index in [4.69, 9.17) is 0 Å². The lowest BCUT2D eigenvalue weighted by Crippen LogP contribution is -2.37. The first kappa shape index (κ1) is 14.3. The summed E-state index contributed by atoms with van der Waals surface area (Å²) in [6, 6.07) is 6.06. The van der Waals surface area contributed by atoms with Crippen molar-refractivity contribution in [3.63, 3.8) is 0 Å². The van der Waals surface area contributed by atoms with Crippen LogP contribution in [0.1, 0.15) is 60.0 Å². The lowest BCUT2D eigenvalue weighted by atomic mass is 10.0. The molecule has 3 heteroatoms. The zero-order valence-electron chi connectivity index (χ0n) is 12.6. The van der Waals surface area contributed by atoms with Crippen LogP contribution in [0.2, 0.25) is 0 Å². The van der Waals surface area contributed by atoms with Crippen molar-refractivity contribution >= 4 is 11.7 Å². The second-order valence-corrected chi connectivity index (χ2v) is 6.24. The van der Waals surface area contributed by atoms with E-state index in [-0.39, 0.29) is 18.2 Å². The zero-order valence-corrected chi connectivity index (χ0v) is 12.6. The van der Waals surface area contributed by atoms with E-state index in [1.807, 2.05) is 12.1 Å². The maximum Gasteiger partial charge on any atom is 0.222 e. The van der Waals surface area contributed by atoms with E-state index in [1.165, 1.54) is 17.5 Å². The number of amides is 1. The molecule has 0 saturated carbocycles. The van der Waals surface area contributed by atoms with Crippen LogP contribution in [-0.2, 0) is 17.6 Å². The second-order valence-electron chi connectivity index (χ2n) is 6.24. The van der Waals surface area contributed by atoms with Gasteiger partial charge in [-0.1, -0.05) is 25.0 Å². The summed E-state index contributed by atoms with van der Waals surface area (Å²) in [6.45, 7) is 0.979. The normalized spacial score (nSPS) is 19.0. The van der Waals surface area contributed by atoms with Gasteiger partial charge in [0.25, 0.3) is 0 Å². The number of carbonyl (C=O) groups excluding carboxylic acids is 2. The molecule has 21 heavy (non-hydrogen) atoms. The van der Waals surface area contributed by atoms with Crippen LogP contribution in [0.4, 0.5) is 0 Å². The van der Waals surface area contributed by atoms with Gasteiger partial charge in [0.1, 0.15) is 0 Å². The van der Waals surface area contributed by atoms with E-state index >= 15 is 0 Å². The molecule has 1 aliphatic carbocycles. The van der Waals surface area contributed by atoms with Gasteiger partial charge in [-0.2, -0.15) is 0 Å². The largest absolute Gasteiger partial charge is 0.335 e. The number of rotatable bonds is 3. The van der Waals surface area contributed by atoms with Gasteiger partial charge in [-0.25, -0.2) is 0 Å². The highest BCUT2D eigenvalue weighted by molar-refractivity contribution is 5.99. The van der Waals surface area contributed by atoms with Crippen LogP contribution in [0.25, 0.3) is 0 Å². The number of aryl methyl sites for hydroxylation is 2. The lowest BCUT2D eigenvalue weighted by Gasteiger charge is -2.24. The standard InChI is InChI=1S/C18H23NO2/c20-17(13-19-11-4-2-1-3-8-18(19)21)16-10-9-14-6-5-7-15(14)12-16/h9-10,12H,1-8,11,13H2. The number of ketones is 1. The maximum atomic E-state index is 12.5. The summed E-state index contributed by atoms with van der Waals surface area (Å²) in [5.41, 5.74) is 3.47. The molecule has 0 spiro atoms. The van der Waals surface area contributed by atoms with Crippen molar-refractivity contribution in [3.8, 4) is 0 Å². The lowest BCUT2D eigenvalue weighted by molar-refractivity contribution is -0.131. The van der Waals surface area contributed by atoms with Crippen LogP contribution in [0.5, 0.6) is 0 Å². The van der Waals surface area contributed by atoms with Gasteiger partial charge in [0.2, 0.25) is 5.91 Å². The molecule has 1 aliphatic heterocycles. The molecule has 1 aromatic rings. The summed E-state index contributed by atoms with van der Waals surface area (Å²) in [5.74, 6) is 0.225. The highest BCUT2D eigenvalue weighted by Gasteiger charge is 2.20. The third kappa shape index (κ3) is 3.34. The molecular formula is C18H23NO2. The Hall–Kier alpha value is -1.64. The minimum Gasteiger partial charge on any atom is -0.335 e. The Morgan fingerprint density at radius 2 is 1.76 bits per heavy atom.